The molecule has 1 fully saturated rings. The number of rotatable bonds is 7. The van der Waals surface area contributed by atoms with Crippen LogP contribution >= 0.6 is 0 Å². The van der Waals surface area contributed by atoms with Gasteiger partial charge in [-0.2, -0.15) is 0 Å². The maximum atomic E-state index is 12.6. The van der Waals surface area contributed by atoms with Gasteiger partial charge in [0, 0.05) is 37.3 Å². The van der Waals surface area contributed by atoms with Crippen molar-refractivity contribution in [1.82, 2.24) is 9.80 Å². The molecule has 0 bridgehead atoms. The molecule has 164 valence electrons. The highest BCUT2D eigenvalue weighted by Gasteiger charge is 2.23. The second-order valence-corrected chi connectivity index (χ2v) is 9.33. The van der Waals surface area contributed by atoms with Gasteiger partial charge in [-0.1, -0.05) is 48.5 Å². The molecule has 7 nitrogen and oxygen atoms in total. The molecule has 2 aromatic rings. The van der Waals surface area contributed by atoms with E-state index in [4.69, 9.17) is 0 Å². The Balaban J connectivity index is 1.48. The molecule has 0 aliphatic carbocycles. The Hall–Kier alpha value is -2.97. The van der Waals surface area contributed by atoms with Crippen LogP contribution in [0.5, 0.6) is 0 Å². The molecule has 0 atom stereocenters. The molecular formula is C23H27N3O4S. The first kappa shape index (κ1) is 22.7. The van der Waals surface area contributed by atoms with Gasteiger partial charge < -0.3 is 10.2 Å². The first-order valence-corrected chi connectivity index (χ1v) is 11.9. The van der Waals surface area contributed by atoms with E-state index >= 15 is 0 Å². The van der Waals surface area contributed by atoms with Gasteiger partial charge in [0.05, 0.1) is 6.54 Å². The maximum Gasteiger partial charge on any atom is 0.238 e. The van der Waals surface area contributed by atoms with Gasteiger partial charge in [-0.3, -0.25) is 14.5 Å². The molecule has 1 aliphatic rings. The molecule has 0 radical (unpaired) electrons. The summed E-state index contributed by atoms with van der Waals surface area (Å²) in [4.78, 5) is 28.4. The molecule has 31 heavy (non-hydrogen) atoms. The minimum atomic E-state index is -3.66. The average Bonchev–Trinajstić information content (AvgIpc) is 2.99. The fourth-order valence-electron chi connectivity index (χ4n) is 3.36. The van der Waals surface area contributed by atoms with Crippen LogP contribution in [-0.4, -0.2) is 68.5 Å². The highest BCUT2D eigenvalue weighted by Crippen LogP contribution is 2.09. The average molecular weight is 442 g/mol. The number of hydrogen-bond acceptors (Lipinski definition) is 5. The summed E-state index contributed by atoms with van der Waals surface area (Å²) in [6.07, 6.45) is 2.18. The van der Waals surface area contributed by atoms with Crippen LogP contribution in [0.25, 0.3) is 6.08 Å². The van der Waals surface area contributed by atoms with Gasteiger partial charge in [0.25, 0.3) is 0 Å². The standard InChI is InChI=1S/C23H27N3O4S/c27-22(24-21-10-5-2-6-11-21)18-25-13-7-14-26(16-15-25)23(28)19-31(29,30)17-12-20-8-3-1-4-9-20/h1-6,8-12,17H,7,13-16,18-19H2,(H,24,27)/b17-12+. The van der Waals surface area contributed by atoms with Gasteiger partial charge in [-0.15, -0.1) is 0 Å². The lowest BCUT2D eigenvalue weighted by Crippen LogP contribution is -2.39. The molecule has 0 unspecified atom stereocenters. The summed E-state index contributed by atoms with van der Waals surface area (Å²) in [5.41, 5.74) is 1.51. The van der Waals surface area contributed by atoms with Crippen molar-refractivity contribution in [2.45, 2.75) is 6.42 Å². The lowest BCUT2D eigenvalue weighted by Gasteiger charge is -2.21. The third kappa shape index (κ3) is 7.66. The number of carbonyl (C=O) groups excluding carboxylic acids is 2. The molecule has 0 aromatic heterocycles. The van der Waals surface area contributed by atoms with Crippen molar-refractivity contribution in [3.63, 3.8) is 0 Å². The van der Waals surface area contributed by atoms with Crippen LogP contribution in [0.2, 0.25) is 0 Å². The highest BCUT2D eigenvalue weighted by atomic mass is 32.2. The first-order valence-electron chi connectivity index (χ1n) is 10.2. The monoisotopic (exact) mass is 441 g/mol. The Morgan fingerprint density at radius 2 is 1.58 bits per heavy atom. The van der Waals surface area contributed by atoms with Crippen molar-refractivity contribution in [3.05, 3.63) is 71.6 Å². The van der Waals surface area contributed by atoms with Crippen molar-refractivity contribution in [3.8, 4) is 0 Å². The number of benzene rings is 2. The molecule has 0 saturated carbocycles. The van der Waals surface area contributed by atoms with Gasteiger partial charge >= 0.3 is 0 Å². The fraction of sp³-hybridized carbons (Fsp3) is 0.304. The molecule has 1 heterocycles. The summed E-state index contributed by atoms with van der Waals surface area (Å²) >= 11 is 0. The normalized spacial score (nSPS) is 15.5. The molecule has 3 rings (SSSR count). The van der Waals surface area contributed by atoms with E-state index in [-0.39, 0.29) is 12.5 Å². The zero-order valence-corrected chi connectivity index (χ0v) is 18.1. The van der Waals surface area contributed by atoms with Crippen molar-refractivity contribution in [2.75, 3.05) is 43.8 Å². The van der Waals surface area contributed by atoms with Crippen LogP contribution < -0.4 is 5.32 Å². The van der Waals surface area contributed by atoms with Crippen molar-refractivity contribution in [1.29, 1.82) is 0 Å². The van der Waals surface area contributed by atoms with Gasteiger partial charge in [-0.05, 0) is 30.2 Å². The van der Waals surface area contributed by atoms with Crippen molar-refractivity contribution in [2.24, 2.45) is 0 Å². The minimum absolute atomic E-state index is 0.111. The number of hydrogen-bond donors (Lipinski definition) is 1. The van der Waals surface area contributed by atoms with Crippen LogP contribution in [0.3, 0.4) is 0 Å². The number of amides is 2. The Morgan fingerprint density at radius 1 is 0.903 bits per heavy atom. The number of carbonyl (C=O) groups is 2. The molecule has 8 heteroatoms. The fourth-order valence-corrected chi connectivity index (χ4v) is 4.35. The maximum absolute atomic E-state index is 12.6. The zero-order valence-electron chi connectivity index (χ0n) is 17.3. The number of para-hydroxylation sites is 1. The zero-order chi connectivity index (χ0) is 22.1. The van der Waals surface area contributed by atoms with Gasteiger partial charge in [0.1, 0.15) is 5.75 Å². The third-order valence-corrected chi connectivity index (χ3v) is 6.16. The van der Waals surface area contributed by atoms with Crippen LogP contribution in [0.15, 0.2) is 66.1 Å². The summed E-state index contributed by atoms with van der Waals surface area (Å²) in [6, 6.07) is 18.3. The second-order valence-electron chi connectivity index (χ2n) is 7.45. The van der Waals surface area contributed by atoms with E-state index < -0.39 is 21.5 Å². The Kier molecular flexibility index (Phi) is 7.97. The summed E-state index contributed by atoms with van der Waals surface area (Å²) in [7, 11) is -3.66. The second kappa shape index (κ2) is 10.9. The van der Waals surface area contributed by atoms with Gasteiger partial charge in [0.15, 0.2) is 9.84 Å². The van der Waals surface area contributed by atoms with Crippen LogP contribution in [-0.2, 0) is 19.4 Å². The SMILES string of the molecule is O=C(CN1CCCN(C(=O)CS(=O)(=O)/C=C/c2ccccc2)CC1)Nc1ccccc1. The Morgan fingerprint density at radius 3 is 2.29 bits per heavy atom. The summed E-state index contributed by atoms with van der Waals surface area (Å²) in [5.74, 6) is -1.07. The summed E-state index contributed by atoms with van der Waals surface area (Å²) in [6.45, 7) is 2.30. The Bertz CT molecular complexity index is 1010. The molecule has 0 spiro atoms. The molecular weight excluding hydrogens is 414 g/mol. The quantitative estimate of drug-likeness (QED) is 0.712. The molecule has 1 saturated heterocycles. The lowest BCUT2D eigenvalue weighted by atomic mass is 10.2. The lowest BCUT2D eigenvalue weighted by molar-refractivity contribution is -0.128. The number of nitrogens with one attached hydrogen (secondary N) is 1. The smallest absolute Gasteiger partial charge is 0.238 e. The predicted molar refractivity (Wildman–Crippen MR) is 122 cm³/mol. The van der Waals surface area contributed by atoms with Crippen molar-refractivity contribution >= 4 is 33.4 Å². The minimum Gasteiger partial charge on any atom is -0.340 e. The predicted octanol–water partition coefficient (Wildman–Crippen LogP) is 2.25. The molecule has 2 aromatic carbocycles. The van der Waals surface area contributed by atoms with E-state index in [0.29, 0.717) is 32.6 Å². The number of nitrogens with zero attached hydrogens (tertiary/aromatic N) is 2. The van der Waals surface area contributed by atoms with Crippen LogP contribution in [0, 0.1) is 0 Å². The van der Waals surface area contributed by atoms with E-state index in [1.165, 1.54) is 6.08 Å². The van der Waals surface area contributed by atoms with Crippen LogP contribution in [0.1, 0.15) is 12.0 Å². The number of sulfone groups is 1. The molecule has 1 aliphatic heterocycles. The van der Waals surface area contributed by atoms with E-state index in [1.807, 2.05) is 53.4 Å². The Labute approximate surface area is 183 Å². The third-order valence-electron chi connectivity index (χ3n) is 4.96. The highest BCUT2D eigenvalue weighted by molar-refractivity contribution is 7.95. The van der Waals surface area contributed by atoms with Gasteiger partial charge in [-0.25, -0.2) is 8.42 Å². The summed E-state index contributed by atoms with van der Waals surface area (Å²) < 4.78 is 24.7. The van der Waals surface area contributed by atoms with E-state index in [0.717, 1.165) is 16.7 Å². The molecule has 2 amide bonds. The van der Waals surface area contributed by atoms with E-state index in [1.54, 1.807) is 17.0 Å². The summed E-state index contributed by atoms with van der Waals surface area (Å²) in [5, 5.41) is 3.95. The van der Waals surface area contributed by atoms with Gasteiger partial charge in [0.2, 0.25) is 11.8 Å². The largest absolute Gasteiger partial charge is 0.340 e. The van der Waals surface area contributed by atoms with E-state index in [9.17, 15) is 18.0 Å². The van der Waals surface area contributed by atoms with Crippen molar-refractivity contribution < 1.29 is 18.0 Å². The van der Waals surface area contributed by atoms with E-state index in [2.05, 4.69) is 5.32 Å². The van der Waals surface area contributed by atoms with Crippen LogP contribution in [0.4, 0.5) is 5.69 Å². The topological polar surface area (TPSA) is 86.8 Å². The number of anilines is 1. The molecule has 1 N–H and O–H groups in total. The first-order chi connectivity index (χ1) is 14.9.